The van der Waals surface area contributed by atoms with Crippen LogP contribution in [-0.4, -0.2) is 4.21 Å². The smallest absolute Gasteiger partial charge is 1.00 e. The Bertz CT molecular complexity index is 1020. The third-order valence-corrected chi connectivity index (χ3v) is 6.30. The molecule has 0 unspecified atom stereocenters. The minimum absolute atomic E-state index is 0. The maximum Gasteiger partial charge on any atom is -1.00 e. The molecule has 3 aromatic carbocycles. The Hall–Kier alpha value is -0.877. The summed E-state index contributed by atoms with van der Waals surface area (Å²) in [5.41, 5.74) is 11.9. The van der Waals surface area contributed by atoms with Crippen molar-refractivity contribution >= 4 is 4.21 Å². The first kappa shape index (κ1) is 34.1. The van der Waals surface area contributed by atoms with Crippen LogP contribution in [0.2, 0.25) is 0 Å². The Morgan fingerprint density at radius 1 is 0.743 bits per heavy atom. The number of rotatable bonds is 0. The standard InChI is InChI=1S/C21H25.C10H15.CH2.2ClH.Zr/c1-20(2,3)16-9-7-14-11-15-8-10-17(21(4,5)6)13-19(15)18(14)12-16;1-8-5-6-9(7-8)10(2,3)4;;;;/h7,9-10,12-13H,11H2,1-6H3;5-7H,1-4H3;1H2;2*1H;/q2*-1;;;;+2/p-2. The molecule has 3 aromatic rings. The molecule has 0 atom stereocenters. The molecule has 3 heteroatoms. The van der Waals surface area contributed by atoms with E-state index in [9.17, 15) is 0 Å². The molecule has 0 saturated carbocycles. The average Bonchev–Trinajstić information content (AvgIpc) is 3.31. The van der Waals surface area contributed by atoms with E-state index in [-0.39, 0.29) is 35.6 Å². The van der Waals surface area contributed by atoms with Crippen molar-refractivity contribution in [1.82, 2.24) is 0 Å². The van der Waals surface area contributed by atoms with Crippen molar-refractivity contribution in [1.29, 1.82) is 0 Å². The van der Waals surface area contributed by atoms with E-state index >= 15 is 0 Å². The number of benzene rings is 2. The molecule has 0 bridgehead atoms. The van der Waals surface area contributed by atoms with Crippen molar-refractivity contribution in [2.24, 2.45) is 0 Å². The van der Waals surface area contributed by atoms with Gasteiger partial charge in [-0.25, -0.2) is 6.07 Å². The predicted molar refractivity (Wildman–Crippen MR) is 144 cm³/mol. The fraction of sp³-hybridized carbons (Fsp3) is 0.438. The minimum atomic E-state index is 0. The first-order valence-corrected chi connectivity index (χ1v) is 13.7. The third kappa shape index (κ3) is 8.88. The molecule has 0 N–H and O–H groups in total. The van der Waals surface area contributed by atoms with Crippen LogP contribution in [0.4, 0.5) is 0 Å². The van der Waals surface area contributed by atoms with Crippen LogP contribution < -0.4 is 24.8 Å². The summed E-state index contributed by atoms with van der Waals surface area (Å²) in [6.07, 6.45) is 1.03. The van der Waals surface area contributed by atoms with E-state index in [0.29, 0.717) is 5.41 Å². The van der Waals surface area contributed by atoms with Crippen molar-refractivity contribution in [2.75, 3.05) is 0 Å². The van der Waals surface area contributed by atoms with Gasteiger partial charge >= 0.3 is 28.4 Å². The van der Waals surface area contributed by atoms with Gasteiger partial charge in [0.2, 0.25) is 0 Å². The van der Waals surface area contributed by atoms with E-state index in [1.54, 1.807) is 0 Å². The molecule has 0 nitrogen and oxygen atoms in total. The van der Waals surface area contributed by atoms with Crippen molar-refractivity contribution < 1.29 is 49.0 Å². The van der Waals surface area contributed by atoms with E-state index in [4.69, 9.17) is 0 Å². The van der Waals surface area contributed by atoms with E-state index in [1.807, 2.05) is 0 Å². The summed E-state index contributed by atoms with van der Waals surface area (Å²) in [7, 11) is 0. The Morgan fingerprint density at radius 2 is 1.26 bits per heavy atom. The van der Waals surface area contributed by atoms with Crippen LogP contribution in [0.5, 0.6) is 0 Å². The molecule has 0 amide bonds. The van der Waals surface area contributed by atoms with Crippen LogP contribution in [-0.2, 0) is 46.9 Å². The van der Waals surface area contributed by atoms with Gasteiger partial charge in [-0.3, -0.25) is 0 Å². The summed E-state index contributed by atoms with van der Waals surface area (Å²) < 4.78 is 3.34. The van der Waals surface area contributed by atoms with E-state index in [0.717, 1.165) is 6.42 Å². The van der Waals surface area contributed by atoms with E-state index < -0.39 is 0 Å². The number of fused-ring (bicyclic) bond motifs is 3. The number of hydrogen-bond donors (Lipinski definition) is 0. The zero-order valence-electron chi connectivity index (χ0n) is 23.3. The summed E-state index contributed by atoms with van der Waals surface area (Å²) >= 11 is 1.30. The zero-order valence-corrected chi connectivity index (χ0v) is 27.3. The van der Waals surface area contributed by atoms with Gasteiger partial charge in [0.25, 0.3) is 0 Å². The second-order valence-electron chi connectivity index (χ2n) is 12.3. The van der Waals surface area contributed by atoms with Crippen molar-refractivity contribution in [3.05, 3.63) is 88.0 Å². The molecule has 0 aromatic heterocycles. The van der Waals surface area contributed by atoms with Gasteiger partial charge in [0, 0.05) is 0 Å². The van der Waals surface area contributed by atoms with Crippen LogP contribution in [0.15, 0.2) is 48.5 Å². The molecule has 35 heavy (non-hydrogen) atoms. The third-order valence-electron chi connectivity index (χ3n) is 6.30. The topological polar surface area (TPSA) is 0 Å². The molecule has 1 aliphatic rings. The van der Waals surface area contributed by atoms with Crippen LogP contribution in [0.3, 0.4) is 0 Å². The Kier molecular flexibility index (Phi) is 12.8. The molecule has 190 valence electrons. The van der Waals surface area contributed by atoms with Crippen LogP contribution in [0, 0.1) is 13.0 Å². The first-order valence-electron chi connectivity index (χ1n) is 11.9. The fourth-order valence-corrected chi connectivity index (χ4v) is 4.01. The largest absolute Gasteiger partial charge is 1.00 e. The van der Waals surface area contributed by atoms with Gasteiger partial charge in [0.1, 0.15) is 0 Å². The Labute approximate surface area is 242 Å². The summed E-state index contributed by atoms with van der Waals surface area (Å²) in [5, 5.41) is 0. The fourth-order valence-electron chi connectivity index (χ4n) is 4.01. The van der Waals surface area contributed by atoms with E-state index in [2.05, 4.69) is 128 Å². The monoisotopic (exact) mass is 586 g/mol. The van der Waals surface area contributed by atoms with Crippen molar-refractivity contribution in [3.63, 3.8) is 0 Å². The molecular formula is C32H42Cl2Zr-2. The second kappa shape index (κ2) is 13.1. The maximum absolute atomic E-state index is 3.53. The molecule has 0 saturated heterocycles. The summed E-state index contributed by atoms with van der Waals surface area (Å²) in [4.78, 5) is 0. The number of halogens is 2. The zero-order chi connectivity index (χ0) is 25.2. The molecule has 4 rings (SSSR count). The maximum atomic E-state index is 3.53. The van der Waals surface area contributed by atoms with Crippen LogP contribution in [0.1, 0.15) is 95.7 Å². The average molecular weight is 589 g/mol. The van der Waals surface area contributed by atoms with Gasteiger partial charge in [-0.15, -0.1) is 5.56 Å². The molecule has 0 heterocycles. The van der Waals surface area contributed by atoms with Crippen molar-refractivity contribution in [3.8, 4) is 11.1 Å². The van der Waals surface area contributed by atoms with Gasteiger partial charge in [-0.2, -0.15) is 52.6 Å². The SMILES string of the molecule is CC(C)(C)c1c[c-]c2c(c1)-c1cc(C(C)(C)C)ccc1C2.Cc1cc(C(C)(C)C)c[cH-]1.[CH2]=[Zr+2].[Cl-].[Cl-]. The van der Waals surface area contributed by atoms with E-state index in [1.165, 1.54) is 68.7 Å². The quantitative estimate of drug-likeness (QED) is 0.277. The van der Waals surface area contributed by atoms with Gasteiger partial charge in [-0.05, 0) is 17.4 Å². The van der Waals surface area contributed by atoms with Gasteiger partial charge in [-0.1, -0.05) is 109 Å². The number of hydrogen-bond acceptors (Lipinski definition) is 0. The van der Waals surface area contributed by atoms with Crippen LogP contribution in [0.25, 0.3) is 11.1 Å². The molecular weight excluding hydrogens is 546 g/mol. The van der Waals surface area contributed by atoms with Crippen LogP contribution >= 0.6 is 0 Å². The van der Waals surface area contributed by atoms with Gasteiger partial charge in [0.05, 0.1) is 0 Å². The number of aryl methyl sites for hydroxylation is 1. The normalized spacial score (nSPS) is 12.0. The Balaban J connectivity index is 0.000000705. The first-order chi connectivity index (χ1) is 15.2. The van der Waals surface area contributed by atoms with Crippen molar-refractivity contribution in [2.45, 2.75) is 91.9 Å². The molecule has 0 radical (unpaired) electrons. The minimum Gasteiger partial charge on any atom is -1.00 e. The van der Waals surface area contributed by atoms with Gasteiger partial charge < -0.3 is 24.8 Å². The summed E-state index contributed by atoms with van der Waals surface area (Å²) in [5.74, 6) is 0. The molecule has 0 aliphatic heterocycles. The predicted octanol–water partition coefficient (Wildman–Crippen LogP) is 2.64. The van der Waals surface area contributed by atoms with Gasteiger partial charge in [0.15, 0.2) is 0 Å². The molecule has 0 fully saturated rings. The summed E-state index contributed by atoms with van der Waals surface area (Å²) in [6, 6.07) is 21.7. The second-order valence-corrected chi connectivity index (χ2v) is 12.3. The molecule has 0 spiro atoms. The molecule has 1 aliphatic carbocycles. The summed E-state index contributed by atoms with van der Waals surface area (Å²) in [6.45, 7) is 22.5. The Morgan fingerprint density at radius 3 is 1.69 bits per heavy atom.